The van der Waals surface area contributed by atoms with E-state index in [4.69, 9.17) is 10.3 Å². The molecule has 0 amide bonds. The van der Waals surface area contributed by atoms with Crippen LogP contribution in [0.2, 0.25) is 0 Å². The first kappa shape index (κ1) is 12.9. The summed E-state index contributed by atoms with van der Waals surface area (Å²) in [5.74, 6) is 0. The SMILES string of the molecule is COC1(c2ccc(C)cc2)CCC(N=[N+]=[N-])CC1. The molecule has 4 nitrogen and oxygen atoms in total. The maximum absolute atomic E-state index is 8.48. The summed E-state index contributed by atoms with van der Waals surface area (Å²) in [5.41, 5.74) is 10.8. The van der Waals surface area contributed by atoms with E-state index in [1.165, 1.54) is 11.1 Å². The molecule has 1 aromatic rings. The monoisotopic (exact) mass is 245 g/mol. The van der Waals surface area contributed by atoms with Gasteiger partial charge in [-0.2, -0.15) is 0 Å². The second kappa shape index (κ2) is 5.42. The fourth-order valence-electron chi connectivity index (χ4n) is 2.73. The zero-order chi connectivity index (χ0) is 13.0. The molecule has 0 aliphatic heterocycles. The van der Waals surface area contributed by atoms with Crippen molar-refractivity contribution in [3.8, 4) is 0 Å². The molecule has 0 aromatic heterocycles. The summed E-state index contributed by atoms with van der Waals surface area (Å²) in [7, 11) is 1.77. The van der Waals surface area contributed by atoms with Gasteiger partial charge in [-0.05, 0) is 43.7 Å². The summed E-state index contributed by atoms with van der Waals surface area (Å²) in [6, 6.07) is 8.66. The van der Waals surface area contributed by atoms with Gasteiger partial charge < -0.3 is 4.74 Å². The number of methoxy groups -OCH3 is 1. The van der Waals surface area contributed by atoms with E-state index in [1.807, 2.05) is 0 Å². The summed E-state index contributed by atoms with van der Waals surface area (Å²) in [5, 5.41) is 3.82. The number of ether oxygens (including phenoxy) is 1. The lowest BCUT2D eigenvalue weighted by molar-refractivity contribution is -0.0476. The van der Waals surface area contributed by atoms with Crippen molar-refractivity contribution in [3.05, 3.63) is 45.8 Å². The van der Waals surface area contributed by atoms with E-state index >= 15 is 0 Å². The highest BCUT2D eigenvalue weighted by molar-refractivity contribution is 5.27. The predicted octanol–water partition coefficient (Wildman–Crippen LogP) is 4.09. The molecule has 0 unspecified atom stereocenters. The smallest absolute Gasteiger partial charge is 0.0927 e. The van der Waals surface area contributed by atoms with Crippen LogP contribution < -0.4 is 0 Å². The highest BCUT2D eigenvalue weighted by atomic mass is 16.5. The lowest BCUT2D eigenvalue weighted by Crippen LogP contribution is -2.34. The minimum atomic E-state index is -0.199. The second-order valence-corrected chi connectivity index (χ2v) is 5.00. The van der Waals surface area contributed by atoms with Crippen molar-refractivity contribution in [2.45, 2.75) is 44.2 Å². The molecular formula is C14H19N3O. The molecule has 0 bridgehead atoms. The summed E-state index contributed by atoms with van der Waals surface area (Å²) in [6.07, 6.45) is 3.62. The maximum atomic E-state index is 8.48. The van der Waals surface area contributed by atoms with Gasteiger partial charge >= 0.3 is 0 Å². The van der Waals surface area contributed by atoms with Gasteiger partial charge in [0.1, 0.15) is 0 Å². The molecule has 0 N–H and O–H groups in total. The van der Waals surface area contributed by atoms with Crippen molar-refractivity contribution >= 4 is 0 Å². The zero-order valence-corrected chi connectivity index (χ0v) is 11.0. The Morgan fingerprint density at radius 1 is 1.28 bits per heavy atom. The first-order chi connectivity index (χ1) is 8.70. The summed E-state index contributed by atoms with van der Waals surface area (Å²) < 4.78 is 5.80. The zero-order valence-electron chi connectivity index (χ0n) is 11.0. The van der Waals surface area contributed by atoms with Crippen LogP contribution in [0.1, 0.15) is 36.8 Å². The molecule has 0 saturated heterocycles. The number of nitrogens with zero attached hydrogens (tertiary/aromatic N) is 3. The first-order valence-electron chi connectivity index (χ1n) is 6.37. The normalized spacial score (nSPS) is 27.6. The average molecular weight is 245 g/mol. The maximum Gasteiger partial charge on any atom is 0.0927 e. The minimum absolute atomic E-state index is 0.128. The lowest BCUT2D eigenvalue weighted by atomic mass is 9.77. The van der Waals surface area contributed by atoms with E-state index in [9.17, 15) is 0 Å². The molecule has 18 heavy (non-hydrogen) atoms. The molecule has 0 radical (unpaired) electrons. The molecule has 1 aliphatic rings. The third kappa shape index (κ3) is 2.50. The first-order valence-corrected chi connectivity index (χ1v) is 6.37. The van der Waals surface area contributed by atoms with Crippen molar-refractivity contribution in [3.63, 3.8) is 0 Å². The van der Waals surface area contributed by atoms with Gasteiger partial charge in [0.25, 0.3) is 0 Å². The van der Waals surface area contributed by atoms with E-state index in [-0.39, 0.29) is 11.6 Å². The highest BCUT2D eigenvalue weighted by Gasteiger charge is 2.36. The van der Waals surface area contributed by atoms with Crippen molar-refractivity contribution in [2.75, 3.05) is 7.11 Å². The molecule has 0 heterocycles. The molecule has 1 fully saturated rings. The van der Waals surface area contributed by atoms with Crippen LogP contribution in [-0.2, 0) is 10.3 Å². The number of rotatable bonds is 3. The third-order valence-electron chi connectivity index (χ3n) is 3.95. The van der Waals surface area contributed by atoms with E-state index in [0.717, 1.165) is 25.7 Å². The standard InChI is InChI=1S/C14H19N3O/c1-11-3-5-12(6-4-11)14(18-2)9-7-13(8-10-14)16-17-15/h3-6,13H,7-10H2,1-2H3. The van der Waals surface area contributed by atoms with Crippen molar-refractivity contribution in [1.82, 2.24) is 0 Å². The van der Waals surface area contributed by atoms with Crippen LogP contribution in [0.5, 0.6) is 0 Å². The fraction of sp³-hybridized carbons (Fsp3) is 0.571. The van der Waals surface area contributed by atoms with E-state index < -0.39 is 0 Å². The van der Waals surface area contributed by atoms with Crippen LogP contribution in [-0.4, -0.2) is 13.2 Å². The van der Waals surface area contributed by atoms with Gasteiger partial charge in [0.15, 0.2) is 0 Å². The van der Waals surface area contributed by atoms with Gasteiger partial charge in [-0.3, -0.25) is 0 Å². The summed E-state index contributed by atoms with van der Waals surface area (Å²) in [4.78, 5) is 2.90. The van der Waals surface area contributed by atoms with Gasteiger partial charge in [0.05, 0.1) is 5.60 Å². The van der Waals surface area contributed by atoms with Gasteiger partial charge in [0, 0.05) is 18.1 Å². The van der Waals surface area contributed by atoms with E-state index in [0.29, 0.717) is 0 Å². The van der Waals surface area contributed by atoms with Crippen LogP contribution in [0.4, 0.5) is 0 Å². The van der Waals surface area contributed by atoms with E-state index in [1.54, 1.807) is 7.11 Å². The number of aryl methyl sites for hydroxylation is 1. The lowest BCUT2D eigenvalue weighted by Gasteiger charge is -2.38. The molecule has 0 spiro atoms. The molecule has 1 saturated carbocycles. The van der Waals surface area contributed by atoms with Crippen LogP contribution in [0.15, 0.2) is 29.4 Å². The van der Waals surface area contributed by atoms with Gasteiger partial charge in [-0.25, -0.2) is 0 Å². The van der Waals surface area contributed by atoms with Crippen LogP contribution in [0.25, 0.3) is 10.4 Å². The van der Waals surface area contributed by atoms with Crippen LogP contribution in [0, 0.1) is 6.92 Å². The van der Waals surface area contributed by atoms with E-state index in [2.05, 4.69) is 41.2 Å². The Labute approximate surface area is 108 Å². The molecule has 4 heteroatoms. The summed E-state index contributed by atoms with van der Waals surface area (Å²) in [6.45, 7) is 2.09. The molecule has 2 rings (SSSR count). The van der Waals surface area contributed by atoms with Crippen molar-refractivity contribution in [1.29, 1.82) is 0 Å². The Morgan fingerprint density at radius 2 is 1.89 bits per heavy atom. The average Bonchev–Trinajstić information content (AvgIpc) is 2.41. The second-order valence-electron chi connectivity index (χ2n) is 5.00. The fourth-order valence-corrected chi connectivity index (χ4v) is 2.73. The quantitative estimate of drug-likeness (QED) is 0.449. The number of azide groups is 1. The molecule has 0 atom stereocenters. The van der Waals surface area contributed by atoms with Crippen molar-refractivity contribution < 1.29 is 4.74 Å². The Hall–Kier alpha value is -1.51. The van der Waals surface area contributed by atoms with Crippen LogP contribution in [0.3, 0.4) is 0 Å². The number of benzene rings is 1. The topological polar surface area (TPSA) is 58.0 Å². The molecule has 96 valence electrons. The molecule has 1 aliphatic carbocycles. The highest BCUT2D eigenvalue weighted by Crippen LogP contribution is 2.40. The Bertz CT molecular complexity index is 441. The Morgan fingerprint density at radius 3 is 2.39 bits per heavy atom. The minimum Gasteiger partial charge on any atom is -0.374 e. The molecule has 1 aromatic carbocycles. The van der Waals surface area contributed by atoms with Crippen LogP contribution >= 0.6 is 0 Å². The van der Waals surface area contributed by atoms with Gasteiger partial charge in [-0.15, -0.1) is 0 Å². The Kier molecular flexibility index (Phi) is 3.90. The Balaban J connectivity index is 2.18. The predicted molar refractivity (Wildman–Crippen MR) is 71.3 cm³/mol. The summed E-state index contributed by atoms with van der Waals surface area (Å²) >= 11 is 0. The van der Waals surface area contributed by atoms with Crippen molar-refractivity contribution in [2.24, 2.45) is 5.11 Å². The third-order valence-corrected chi connectivity index (χ3v) is 3.95. The van der Waals surface area contributed by atoms with Gasteiger partial charge in [0.2, 0.25) is 0 Å². The molecular weight excluding hydrogens is 226 g/mol. The van der Waals surface area contributed by atoms with Gasteiger partial charge in [-0.1, -0.05) is 34.9 Å². The number of hydrogen-bond acceptors (Lipinski definition) is 2. The number of hydrogen-bond donors (Lipinski definition) is 0. The largest absolute Gasteiger partial charge is 0.374 e.